The monoisotopic (exact) mass is 263 g/mol. The number of aromatic nitrogens is 2. The lowest BCUT2D eigenvalue weighted by Crippen LogP contribution is -2.41. The standard InChI is InChI=1S/C12H13N3O2S/c1-7-6-18-12-13-5-9(11(17)15(7)12)10(16)14-8-3-2-4-8/h5-6,8H,2-4H2,1H3,(H,14,16). The van der Waals surface area contributed by atoms with Crippen LogP contribution in [0, 0.1) is 6.92 Å². The summed E-state index contributed by atoms with van der Waals surface area (Å²) in [6.45, 7) is 1.83. The van der Waals surface area contributed by atoms with Gasteiger partial charge < -0.3 is 5.32 Å². The van der Waals surface area contributed by atoms with Crippen LogP contribution < -0.4 is 10.9 Å². The van der Waals surface area contributed by atoms with E-state index < -0.39 is 0 Å². The van der Waals surface area contributed by atoms with Crippen molar-refractivity contribution in [2.24, 2.45) is 0 Å². The minimum atomic E-state index is -0.308. The van der Waals surface area contributed by atoms with E-state index >= 15 is 0 Å². The van der Waals surface area contributed by atoms with E-state index in [9.17, 15) is 9.59 Å². The van der Waals surface area contributed by atoms with Crippen LogP contribution in [-0.4, -0.2) is 21.3 Å². The number of hydrogen-bond donors (Lipinski definition) is 1. The first-order valence-corrected chi connectivity index (χ1v) is 6.81. The van der Waals surface area contributed by atoms with Gasteiger partial charge in [0.2, 0.25) is 0 Å². The topological polar surface area (TPSA) is 63.5 Å². The van der Waals surface area contributed by atoms with Gasteiger partial charge in [-0.2, -0.15) is 0 Å². The number of nitrogens with one attached hydrogen (secondary N) is 1. The third kappa shape index (κ3) is 1.73. The van der Waals surface area contributed by atoms with Crippen molar-refractivity contribution in [1.82, 2.24) is 14.7 Å². The first-order chi connectivity index (χ1) is 8.66. The molecule has 1 fully saturated rings. The Labute approximate surface area is 107 Å². The summed E-state index contributed by atoms with van der Waals surface area (Å²) >= 11 is 1.40. The van der Waals surface area contributed by atoms with Crippen LogP contribution in [0.4, 0.5) is 0 Å². The van der Waals surface area contributed by atoms with E-state index in [2.05, 4.69) is 10.3 Å². The maximum absolute atomic E-state index is 12.2. The van der Waals surface area contributed by atoms with Crippen molar-refractivity contribution < 1.29 is 4.79 Å². The van der Waals surface area contributed by atoms with Crippen molar-refractivity contribution in [2.75, 3.05) is 0 Å². The van der Waals surface area contributed by atoms with Gasteiger partial charge in [-0.1, -0.05) is 0 Å². The smallest absolute Gasteiger partial charge is 0.271 e. The summed E-state index contributed by atoms with van der Waals surface area (Å²) in [5.74, 6) is -0.308. The van der Waals surface area contributed by atoms with Gasteiger partial charge in [-0.25, -0.2) is 4.98 Å². The summed E-state index contributed by atoms with van der Waals surface area (Å²) in [6, 6.07) is 0.223. The third-order valence-electron chi connectivity index (χ3n) is 3.30. The van der Waals surface area contributed by atoms with E-state index in [1.54, 1.807) is 0 Å². The summed E-state index contributed by atoms with van der Waals surface area (Å²) in [7, 11) is 0. The molecule has 1 saturated carbocycles. The molecule has 0 aromatic carbocycles. The van der Waals surface area contributed by atoms with Crippen molar-refractivity contribution >= 4 is 22.2 Å². The first-order valence-electron chi connectivity index (χ1n) is 5.93. The normalized spacial score (nSPS) is 15.6. The highest BCUT2D eigenvalue weighted by Gasteiger charge is 2.22. The van der Waals surface area contributed by atoms with Crippen LogP contribution >= 0.6 is 11.3 Å². The molecule has 1 aliphatic rings. The van der Waals surface area contributed by atoms with Crippen LogP contribution in [0.3, 0.4) is 0 Å². The average Bonchev–Trinajstić information content (AvgIpc) is 2.67. The fourth-order valence-electron chi connectivity index (χ4n) is 2.00. The van der Waals surface area contributed by atoms with Gasteiger partial charge in [0.1, 0.15) is 5.56 Å². The lowest BCUT2D eigenvalue weighted by molar-refractivity contribution is 0.0915. The molecule has 0 atom stereocenters. The minimum absolute atomic E-state index is 0.126. The fraction of sp³-hybridized carbons (Fsp3) is 0.417. The maximum atomic E-state index is 12.2. The van der Waals surface area contributed by atoms with E-state index in [1.165, 1.54) is 21.9 Å². The predicted molar refractivity (Wildman–Crippen MR) is 69.2 cm³/mol. The molecule has 3 rings (SSSR count). The molecule has 2 heterocycles. The van der Waals surface area contributed by atoms with E-state index in [1.807, 2.05) is 12.3 Å². The summed E-state index contributed by atoms with van der Waals surface area (Å²) in [5, 5.41) is 4.72. The van der Waals surface area contributed by atoms with Crippen LogP contribution in [-0.2, 0) is 0 Å². The molecule has 1 aliphatic carbocycles. The SMILES string of the molecule is Cc1csc2ncc(C(=O)NC3CCC3)c(=O)n12. The van der Waals surface area contributed by atoms with Crippen molar-refractivity contribution in [3.63, 3.8) is 0 Å². The number of aryl methyl sites for hydroxylation is 1. The summed E-state index contributed by atoms with van der Waals surface area (Å²) in [5.41, 5.74) is 0.655. The number of hydrogen-bond acceptors (Lipinski definition) is 4. The molecule has 0 saturated heterocycles. The van der Waals surface area contributed by atoms with E-state index in [-0.39, 0.29) is 23.1 Å². The molecule has 6 heteroatoms. The highest BCUT2D eigenvalue weighted by Crippen LogP contribution is 2.18. The van der Waals surface area contributed by atoms with Gasteiger partial charge in [-0.15, -0.1) is 11.3 Å². The van der Waals surface area contributed by atoms with Crippen molar-refractivity contribution in [3.8, 4) is 0 Å². The molecular formula is C12H13N3O2S. The zero-order chi connectivity index (χ0) is 12.7. The molecule has 1 amide bonds. The molecule has 5 nitrogen and oxygen atoms in total. The highest BCUT2D eigenvalue weighted by atomic mass is 32.1. The molecular weight excluding hydrogens is 250 g/mol. The van der Waals surface area contributed by atoms with E-state index in [0.29, 0.717) is 4.96 Å². The van der Waals surface area contributed by atoms with Crippen molar-refractivity contribution in [3.05, 3.63) is 33.2 Å². The Kier molecular flexibility index (Phi) is 2.66. The van der Waals surface area contributed by atoms with Crippen LogP contribution in [0.2, 0.25) is 0 Å². The summed E-state index contributed by atoms with van der Waals surface area (Å²) < 4.78 is 1.49. The second kappa shape index (κ2) is 4.20. The van der Waals surface area contributed by atoms with Gasteiger partial charge in [0.15, 0.2) is 4.96 Å². The zero-order valence-corrected chi connectivity index (χ0v) is 10.8. The summed E-state index contributed by atoms with van der Waals surface area (Å²) in [6.07, 6.45) is 4.52. The van der Waals surface area contributed by atoms with Gasteiger partial charge in [0.25, 0.3) is 11.5 Å². The fourth-order valence-corrected chi connectivity index (χ4v) is 2.82. The molecule has 0 radical (unpaired) electrons. The first kappa shape index (κ1) is 11.4. The number of amides is 1. The van der Waals surface area contributed by atoms with E-state index in [0.717, 1.165) is 25.0 Å². The van der Waals surface area contributed by atoms with Gasteiger partial charge in [0, 0.05) is 23.3 Å². The molecule has 0 spiro atoms. The number of carbonyl (C=O) groups is 1. The predicted octanol–water partition coefficient (Wildman–Crippen LogP) is 1.35. The number of nitrogens with zero attached hydrogens (tertiary/aromatic N) is 2. The molecule has 0 unspecified atom stereocenters. The van der Waals surface area contributed by atoms with Crippen LogP contribution in [0.15, 0.2) is 16.4 Å². The zero-order valence-electron chi connectivity index (χ0n) is 9.97. The Hall–Kier alpha value is -1.69. The quantitative estimate of drug-likeness (QED) is 0.889. The van der Waals surface area contributed by atoms with Crippen molar-refractivity contribution in [1.29, 1.82) is 0 Å². The lowest BCUT2D eigenvalue weighted by atomic mass is 9.93. The molecule has 94 valence electrons. The Morgan fingerprint density at radius 3 is 3.00 bits per heavy atom. The maximum Gasteiger partial charge on any atom is 0.271 e. The lowest BCUT2D eigenvalue weighted by Gasteiger charge is -2.26. The van der Waals surface area contributed by atoms with Gasteiger partial charge >= 0.3 is 0 Å². The Morgan fingerprint density at radius 2 is 2.33 bits per heavy atom. The Bertz CT molecular complexity index is 670. The van der Waals surface area contributed by atoms with Gasteiger partial charge in [-0.05, 0) is 26.2 Å². The van der Waals surface area contributed by atoms with Crippen molar-refractivity contribution in [2.45, 2.75) is 32.2 Å². The minimum Gasteiger partial charge on any atom is -0.349 e. The van der Waals surface area contributed by atoms with Crippen LogP contribution in [0.5, 0.6) is 0 Å². The second-order valence-electron chi connectivity index (χ2n) is 4.57. The Morgan fingerprint density at radius 1 is 1.56 bits per heavy atom. The number of fused-ring (bicyclic) bond motifs is 1. The molecule has 0 bridgehead atoms. The number of thiazole rings is 1. The molecule has 18 heavy (non-hydrogen) atoms. The molecule has 1 N–H and O–H groups in total. The van der Waals surface area contributed by atoms with Crippen LogP contribution in [0.25, 0.3) is 4.96 Å². The van der Waals surface area contributed by atoms with Gasteiger partial charge in [0.05, 0.1) is 0 Å². The van der Waals surface area contributed by atoms with E-state index in [4.69, 9.17) is 0 Å². The largest absolute Gasteiger partial charge is 0.349 e. The molecule has 0 aliphatic heterocycles. The highest BCUT2D eigenvalue weighted by molar-refractivity contribution is 7.15. The number of rotatable bonds is 2. The second-order valence-corrected chi connectivity index (χ2v) is 5.41. The molecule has 2 aromatic heterocycles. The number of carbonyl (C=O) groups excluding carboxylic acids is 1. The van der Waals surface area contributed by atoms with Gasteiger partial charge in [-0.3, -0.25) is 14.0 Å². The third-order valence-corrected chi connectivity index (χ3v) is 4.26. The summed E-state index contributed by atoms with van der Waals surface area (Å²) in [4.78, 5) is 29.0. The Balaban J connectivity index is 2.00. The molecule has 2 aromatic rings. The average molecular weight is 263 g/mol. The van der Waals surface area contributed by atoms with Crippen LogP contribution in [0.1, 0.15) is 35.3 Å².